The van der Waals surface area contributed by atoms with Crippen molar-refractivity contribution < 1.29 is 9.53 Å². The van der Waals surface area contributed by atoms with Crippen molar-refractivity contribution in [3.05, 3.63) is 49.1 Å². The van der Waals surface area contributed by atoms with E-state index >= 15 is 0 Å². The molecule has 0 radical (unpaired) electrons. The van der Waals surface area contributed by atoms with Crippen LogP contribution in [0.4, 0.5) is 0 Å². The molecule has 1 aromatic carbocycles. The summed E-state index contributed by atoms with van der Waals surface area (Å²) in [7, 11) is 1.60. The van der Waals surface area contributed by atoms with Crippen LogP contribution in [0.3, 0.4) is 0 Å². The first-order valence-electron chi connectivity index (χ1n) is 5.88. The Morgan fingerprint density at radius 1 is 1.21 bits per heavy atom. The molecule has 0 aliphatic carbocycles. The van der Waals surface area contributed by atoms with Crippen LogP contribution in [0.1, 0.15) is 32.6 Å². The maximum absolute atomic E-state index is 12.7. The quantitative estimate of drug-likeness (QED) is 0.759. The van der Waals surface area contributed by atoms with E-state index in [1.165, 1.54) is 0 Å². The first kappa shape index (κ1) is 14.3. The van der Waals surface area contributed by atoms with Crippen LogP contribution >= 0.6 is 27.3 Å². The van der Waals surface area contributed by atoms with E-state index in [9.17, 15) is 4.79 Å². The Kier molecular flexibility index (Phi) is 4.11. The molecule has 2 rings (SSSR count). The second-order valence-electron chi connectivity index (χ2n) is 4.51. The van der Waals surface area contributed by atoms with Crippen molar-refractivity contribution in [2.24, 2.45) is 0 Å². The van der Waals surface area contributed by atoms with E-state index in [4.69, 9.17) is 4.74 Å². The van der Waals surface area contributed by atoms with Crippen molar-refractivity contribution in [3.63, 3.8) is 0 Å². The van der Waals surface area contributed by atoms with Gasteiger partial charge in [0.15, 0.2) is 5.78 Å². The van der Waals surface area contributed by atoms with Crippen LogP contribution in [0.15, 0.2) is 21.3 Å². The van der Waals surface area contributed by atoms with Gasteiger partial charge < -0.3 is 4.74 Å². The number of aryl methyl sites for hydroxylation is 2. The molecular weight excluding hydrogens is 324 g/mol. The lowest BCUT2D eigenvalue weighted by Gasteiger charge is -2.15. The van der Waals surface area contributed by atoms with Gasteiger partial charge in [-0.25, -0.2) is 0 Å². The highest BCUT2D eigenvalue weighted by atomic mass is 79.9. The van der Waals surface area contributed by atoms with Crippen LogP contribution in [0.5, 0.6) is 5.75 Å². The third-order valence-electron chi connectivity index (χ3n) is 3.19. The average molecular weight is 339 g/mol. The maximum Gasteiger partial charge on any atom is 0.198 e. The van der Waals surface area contributed by atoms with Crippen molar-refractivity contribution in [2.75, 3.05) is 7.11 Å². The number of carbonyl (C=O) groups is 1. The molecule has 0 atom stereocenters. The summed E-state index contributed by atoms with van der Waals surface area (Å²) >= 11 is 5.05. The number of thiophene rings is 1. The van der Waals surface area contributed by atoms with E-state index in [0.717, 1.165) is 26.7 Å². The molecule has 0 saturated heterocycles. The second kappa shape index (κ2) is 5.47. The van der Waals surface area contributed by atoms with Gasteiger partial charge in [0.05, 0.1) is 12.7 Å². The van der Waals surface area contributed by atoms with E-state index in [1.807, 2.05) is 37.6 Å². The van der Waals surface area contributed by atoms with Gasteiger partial charge >= 0.3 is 0 Å². The monoisotopic (exact) mass is 338 g/mol. The Hall–Kier alpha value is -1.13. The number of hydrogen-bond acceptors (Lipinski definition) is 3. The van der Waals surface area contributed by atoms with Gasteiger partial charge in [-0.3, -0.25) is 4.79 Å². The van der Waals surface area contributed by atoms with Crippen LogP contribution in [0.25, 0.3) is 0 Å². The standard InChI is InChI=1S/C15H15BrO2S/c1-8-5-12(16)10(3)13(15(8)18-4)14(17)11-7-19-6-9(11)2/h5-7H,1-4H3. The minimum atomic E-state index is 0.0255. The molecule has 0 unspecified atom stereocenters. The molecule has 0 spiro atoms. The van der Waals surface area contributed by atoms with Crippen LogP contribution in [-0.4, -0.2) is 12.9 Å². The first-order chi connectivity index (χ1) is 8.97. The topological polar surface area (TPSA) is 26.3 Å². The molecule has 1 aromatic heterocycles. The van der Waals surface area contributed by atoms with Gasteiger partial charge in [-0.05, 0) is 48.9 Å². The molecule has 0 aliphatic heterocycles. The molecule has 19 heavy (non-hydrogen) atoms. The number of ether oxygens (including phenoxy) is 1. The van der Waals surface area contributed by atoms with E-state index in [2.05, 4.69) is 15.9 Å². The second-order valence-corrected chi connectivity index (χ2v) is 6.10. The Bertz CT molecular complexity index is 644. The SMILES string of the molecule is COc1c(C)cc(Br)c(C)c1C(=O)c1cscc1C. The number of methoxy groups -OCH3 is 1. The fourth-order valence-corrected chi connectivity index (χ4v) is 3.48. The zero-order chi connectivity index (χ0) is 14.2. The zero-order valence-corrected chi connectivity index (χ0v) is 13.7. The Morgan fingerprint density at radius 2 is 1.89 bits per heavy atom. The Morgan fingerprint density at radius 3 is 2.42 bits per heavy atom. The zero-order valence-electron chi connectivity index (χ0n) is 11.3. The average Bonchev–Trinajstić information content (AvgIpc) is 2.79. The molecule has 2 nitrogen and oxygen atoms in total. The largest absolute Gasteiger partial charge is 0.496 e. The van der Waals surface area contributed by atoms with Crippen molar-refractivity contribution >= 4 is 33.0 Å². The summed E-state index contributed by atoms with van der Waals surface area (Å²) in [5, 5.41) is 3.88. The number of carbonyl (C=O) groups excluding carboxylic acids is 1. The lowest BCUT2D eigenvalue weighted by molar-refractivity contribution is 0.103. The normalized spacial score (nSPS) is 10.6. The lowest BCUT2D eigenvalue weighted by atomic mass is 9.95. The number of benzene rings is 1. The summed E-state index contributed by atoms with van der Waals surface area (Å²) in [4.78, 5) is 12.7. The molecule has 4 heteroatoms. The summed E-state index contributed by atoms with van der Waals surface area (Å²) < 4.78 is 6.37. The number of halogens is 1. The lowest BCUT2D eigenvalue weighted by Crippen LogP contribution is -2.08. The summed E-state index contributed by atoms with van der Waals surface area (Å²) in [6.45, 7) is 5.83. The van der Waals surface area contributed by atoms with Gasteiger partial charge in [-0.2, -0.15) is 11.3 Å². The van der Waals surface area contributed by atoms with Gasteiger partial charge in [0.1, 0.15) is 5.75 Å². The third kappa shape index (κ3) is 2.47. The Balaban J connectivity index is 2.68. The fourth-order valence-electron chi connectivity index (χ4n) is 2.12. The predicted molar refractivity (Wildman–Crippen MR) is 82.7 cm³/mol. The van der Waals surface area contributed by atoms with Crippen molar-refractivity contribution in [3.8, 4) is 5.75 Å². The molecule has 0 saturated carbocycles. The van der Waals surface area contributed by atoms with E-state index in [0.29, 0.717) is 11.3 Å². The molecule has 0 bridgehead atoms. The first-order valence-corrected chi connectivity index (χ1v) is 7.62. The molecule has 2 aromatic rings. The summed E-state index contributed by atoms with van der Waals surface area (Å²) in [5.74, 6) is 0.689. The molecule has 0 N–H and O–H groups in total. The summed E-state index contributed by atoms with van der Waals surface area (Å²) in [6.07, 6.45) is 0. The number of hydrogen-bond donors (Lipinski definition) is 0. The van der Waals surface area contributed by atoms with Crippen molar-refractivity contribution in [2.45, 2.75) is 20.8 Å². The van der Waals surface area contributed by atoms with Crippen LogP contribution in [-0.2, 0) is 0 Å². The number of ketones is 1. The molecule has 1 heterocycles. The van der Waals surface area contributed by atoms with Crippen molar-refractivity contribution in [1.29, 1.82) is 0 Å². The summed E-state index contributed by atoms with van der Waals surface area (Å²) in [6, 6.07) is 1.98. The Labute approximate surface area is 125 Å². The predicted octanol–water partition coefficient (Wildman–Crippen LogP) is 4.68. The molecule has 0 fully saturated rings. The molecular formula is C15H15BrO2S. The highest BCUT2D eigenvalue weighted by Crippen LogP contribution is 2.34. The van der Waals surface area contributed by atoms with Gasteiger partial charge in [-0.15, -0.1) is 0 Å². The van der Waals surface area contributed by atoms with Crippen LogP contribution in [0, 0.1) is 20.8 Å². The van der Waals surface area contributed by atoms with Gasteiger partial charge in [0.2, 0.25) is 0 Å². The third-order valence-corrected chi connectivity index (χ3v) is 4.88. The van der Waals surface area contributed by atoms with E-state index in [-0.39, 0.29) is 5.78 Å². The highest BCUT2D eigenvalue weighted by Gasteiger charge is 2.22. The maximum atomic E-state index is 12.7. The van der Waals surface area contributed by atoms with E-state index in [1.54, 1.807) is 18.4 Å². The van der Waals surface area contributed by atoms with Crippen LogP contribution in [0.2, 0.25) is 0 Å². The smallest absolute Gasteiger partial charge is 0.198 e. The van der Waals surface area contributed by atoms with E-state index < -0.39 is 0 Å². The minimum Gasteiger partial charge on any atom is -0.496 e. The van der Waals surface area contributed by atoms with Gasteiger partial charge in [-0.1, -0.05) is 15.9 Å². The molecule has 100 valence electrons. The van der Waals surface area contributed by atoms with Gasteiger partial charge in [0.25, 0.3) is 0 Å². The highest BCUT2D eigenvalue weighted by molar-refractivity contribution is 9.10. The molecule has 0 amide bonds. The minimum absolute atomic E-state index is 0.0255. The summed E-state index contributed by atoms with van der Waals surface area (Å²) in [5.41, 5.74) is 4.28. The van der Waals surface area contributed by atoms with Crippen molar-refractivity contribution in [1.82, 2.24) is 0 Å². The number of rotatable bonds is 3. The fraction of sp³-hybridized carbons (Fsp3) is 0.267. The molecule has 0 aliphatic rings. The van der Waals surface area contributed by atoms with Gasteiger partial charge in [0, 0.05) is 15.4 Å². The van der Waals surface area contributed by atoms with Crippen LogP contribution < -0.4 is 4.74 Å².